The second-order valence-corrected chi connectivity index (χ2v) is 7.30. The van der Waals surface area contributed by atoms with Crippen LogP contribution in [0.2, 0.25) is 5.02 Å². The minimum atomic E-state index is -1.09. The molecule has 0 bridgehead atoms. The minimum absolute atomic E-state index is 0.137. The number of hydrogen-bond acceptors (Lipinski definition) is 7. The maximum atomic E-state index is 13.0. The highest BCUT2D eigenvalue weighted by molar-refractivity contribution is 6.30. The maximum absolute atomic E-state index is 13.0. The summed E-state index contributed by atoms with van der Waals surface area (Å²) in [7, 11) is 1.12. The van der Waals surface area contributed by atoms with Gasteiger partial charge in [-0.05, 0) is 29.8 Å². The molecule has 0 aromatic heterocycles. The number of Topliss-reactive ketones (excluding diaryl/α,β-unsaturated/α-hetero) is 1. The summed E-state index contributed by atoms with van der Waals surface area (Å²) in [6.07, 6.45) is -1.27. The minimum Gasteiger partial charge on any atom is -0.437 e. The lowest BCUT2D eigenvalue weighted by Crippen LogP contribution is -2.23. The van der Waals surface area contributed by atoms with Crippen LogP contribution in [0.15, 0.2) is 78.9 Å². The monoisotopic (exact) mass is 466 g/mol. The van der Waals surface area contributed by atoms with E-state index in [9.17, 15) is 19.2 Å². The molecular weight excluding hydrogens is 448 g/mol. The summed E-state index contributed by atoms with van der Waals surface area (Å²) in [5.41, 5.74) is 0.680. The van der Waals surface area contributed by atoms with Gasteiger partial charge in [-0.1, -0.05) is 66.2 Å². The third-order valence-corrected chi connectivity index (χ3v) is 4.92. The SMILES string of the molecule is COC(=O)Oc1ccccc1C(=O)OC(=O)C(CC(=O)c1ccccc1)c1cccc(Cl)c1. The van der Waals surface area contributed by atoms with Crippen molar-refractivity contribution in [3.05, 3.63) is 101 Å². The van der Waals surface area contributed by atoms with E-state index in [1.165, 1.54) is 30.3 Å². The number of hydrogen-bond donors (Lipinski definition) is 0. The molecule has 0 aliphatic heterocycles. The number of halogens is 1. The normalized spacial score (nSPS) is 11.2. The van der Waals surface area contributed by atoms with Gasteiger partial charge in [0.15, 0.2) is 5.78 Å². The van der Waals surface area contributed by atoms with Crippen LogP contribution in [0.1, 0.15) is 38.6 Å². The van der Waals surface area contributed by atoms with Gasteiger partial charge in [-0.25, -0.2) is 9.59 Å². The average molecular weight is 467 g/mol. The highest BCUT2D eigenvalue weighted by Gasteiger charge is 2.29. The van der Waals surface area contributed by atoms with Crippen LogP contribution in [0.4, 0.5) is 4.79 Å². The summed E-state index contributed by atoms with van der Waals surface area (Å²) in [5.74, 6) is -3.52. The number of methoxy groups -OCH3 is 1. The van der Waals surface area contributed by atoms with Crippen LogP contribution in [0.25, 0.3) is 0 Å². The summed E-state index contributed by atoms with van der Waals surface area (Å²) in [4.78, 5) is 50.0. The Kier molecular flexibility index (Phi) is 7.94. The molecule has 0 N–H and O–H groups in total. The van der Waals surface area contributed by atoms with Crippen LogP contribution in [0, 0.1) is 0 Å². The highest BCUT2D eigenvalue weighted by Crippen LogP contribution is 2.27. The van der Waals surface area contributed by atoms with Gasteiger partial charge in [-0.15, -0.1) is 0 Å². The average Bonchev–Trinajstić information content (AvgIpc) is 2.83. The van der Waals surface area contributed by atoms with Gasteiger partial charge in [0.05, 0.1) is 13.0 Å². The van der Waals surface area contributed by atoms with Crippen molar-refractivity contribution in [1.29, 1.82) is 0 Å². The van der Waals surface area contributed by atoms with Crippen molar-refractivity contribution in [3.63, 3.8) is 0 Å². The molecule has 0 radical (unpaired) electrons. The molecule has 0 aliphatic carbocycles. The van der Waals surface area contributed by atoms with Crippen molar-refractivity contribution < 1.29 is 33.4 Å². The zero-order chi connectivity index (χ0) is 23.8. The van der Waals surface area contributed by atoms with Gasteiger partial charge in [0.25, 0.3) is 0 Å². The van der Waals surface area contributed by atoms with E-state index in [4.69, 9.17) is 21.1 Å². The number of benzene rings is 3. The Hall–Kier alpha value is -3.97. The lowest BCUT2D eigenvalue weighted by atomic mass is 9.91. The number of ether oxygens (including phenoxy) is 3. The van der Waals surface area contributed by atoms with Gasteiger partial charge >= 0.3 is 18.1 Å². The zero-order valence-electron chi connectivity index (χ0n) is 17.5. The van der Waals surface area contributed by atoms with Crippen molar-refractivity contribution in [1.82, 2.24) is 0 Å². The summed E-state index contributed by atoms with van der Waals surface area (Å²) >= 11 is 6.07. The first-order valence-corrected chi connectivity index (χ1v) is 10.2. The molecule has 0 saturated heterocycles. The fourth-order valence-electron chi connectivity index (χ4n) is 3.06. The molecule has 8 heteroatoms. The molecule has 1 atom stereocenters. The van der Waals surface area contributed by atoms with Crippen LogP contribution in [-0.4, -0.2) is 31.0 Å². The van der Waals surface area contributed by atoms with Crippen LogP contribution in [0.5, 0.6) is 5.75 Å². The van der Waals surface area contributed by atoms with Crippen molar-refractivity contribution in [2.45, 2.75) is 12.3 Å². The molecule has 0 spiro atoms. The number of rotatable bonds is 7. The van der Waals surface area contributed by atoms with E-state index < -0.39 is 24.0 Å². The van der Waals surface area contributed by atoms with Gasteiger partial charge < -0.3 is 14.2 Å². The quantitative estimate of drug-likeness (QED) is 0.204. The fraction of sp³-hybridized carbons (Fsp3) is 0.120. The first-order chi connectivity index (χ1) is 15.9. The first-order valence-electron chi connectivity index (χ1n) is 9.83. The number of carbonyl (C=O) groups excluding carboxylic acids is 4. The highest BCUT2D eigenvalue weighted by atomic mass is 35.5. The Bertz CT molecular complexity index is 1170. The van der Waals surface area contributed by atoms with Gasteiger partial charge in [0, 0.05) is 17.0 Å². The third-order valence-electron chi connectivity index (χ3n) is 4.68. The molecule has 0 heterocycles. The molecule has 0 fully saturated rings. The molecule has 0 aliphatic rings. The molecule has 1 unspecified atom stereocenters. The van der Waals surface area contributed by atoms with Crippen molar-refractivity contribution in [2.24, 2.45) is 0 Å². The zero-order valence-corrected chi connectivity index (χ0v) is 18.3. The third kappa shape index (κ3) is 6.27. The second-order valence-electron chi connectivity index (χ2n) is 6.86. The second kappa shape index (κ2) is 11.1. The molecule has 0 amide bonds. The molecule has 3 aromatic rings. The van der Waals surface area contributed by atoms with E-state index in [-0.39, 0.29) is 23.5 Å². The Morgan fingerprint density at radius 2 is 1.58 bits per heavy atom. The lowest BCUT2D eigenvalue weighted by Gasteiger charge is -2.16. The summed E-state index contributed by atoms with van der Waals surface area (Å²) in [6.45, 7) is 0. The Morgan fingerprint density at radius 1 is 0.879 bits per heavy atom. The molecule has 0 saturated carbocycles. The number of para-hydroxylation sites is 1. The van der Waals surface area contributed by atoms with Gasteiger partial charge in [-0.3, -0.25) is 9.59 Å². The topological polar surface area (TPSA) is 96.0 Å². The van der Waals surface area contributed by atoms with E-state index >= 15 is 0 Å². The summed E-state index contributed by atoms with van der Waals surface area (Å²) < 4.78 is 14.4. The van der Waals surface area contributed by atoms with Crippen molar-refractivity contribution in [3.8, 4) is 5.75 Å². The summed E-state index contributed by atoms with van der Waals surface area (Å²) in [6, 6.07) is 20.6. The maximum Gasteiger partial charge on any atom is 0.513 e. The van der Waals surface area contributed by atoms with E-state index in [1.54, 1.807) is 48.5 Å². The molecule has 3 rings (SSSR count). The number of carbonyl (C=O) groups is 4. The largest absolute Gasteiger partial charge is 0.513 e. The van der Waals surface area contributed by atoms with E-state index in [0.717, 1.165) is 7.11 Å². The molecule has 3 aromatic carbocycles. The fourth-order valence-corrected chi connectivity index (χ4v) is 3.26. The van der Waals surface area contributed by atoms with E-state index in [0.29, 0.717) is 16.1 Å². The molecule has 7 nitrogen and oxygen atoms in total. The van der Waals surface area contributed by atoms with Crippen LogP contribution >= 0.6 is 11.6 Å². The van der Waals surface area contributed by atoms with Gasteiger partial charge in [0.1, 0.15) is 11.3 Å². The van der Waals surface area contributed by atoms with E-state index in [2.05, 4.69) is 4.74 Å². The van der Waals surface area contributed by atoms with E-state index in [1.807, 2.05) is 0 Å². The predicted molar refractivity (Wildman–Crippen MR) is 119 cm³/mol. The van der Waals surface area contributed by atoms with Crippen LogP contribution in [0.3, 0.4) is 0 Å². The first kappa shape index (κ1) is 23.7. The lowest BCUT2D eigenvalue weighted by molar-refractivity contribution is -0.139. The Labute approximate surface area is 194 Å². The predicted octanol–water partition coefficient (Wildman–Crippen LogP) is 5.23. The Morgan fingerprint density at radius 3 is 2.27 bits per heavy atom. The van der Waals surface area contributed by atoms with Crippen LogP contribution in [-0.2, 0) is 14.3 Å². The Balaban J connectivity index is 1.86. The molecule has 33 heavy (non-hydrogen) atoms. The number of ketones is 1. The summed E-state index contributed by atoms with van der Waals surface area (Å²) in [5, 5.41) is 0.362. The van der Waals surface area contributed by atoms with Gasteiger partial charge in [-0.2, -0.15) is 0 Å². The van der Waals surface area contributed by atoms with Crippen molar-refractivity contribution in [2.75, 3.05) is 7.11 Å². The molecular formula is C25H19ClO7. The molecule has 168 valence electrons. The number of esters is 2. The van der Waals surface area contributed by atoms with Crippen LogP contribution < -0.4 is 4.74 Å². The standard InChI is InChI=1S/C25H19ClO7/c1-31-25(30)32-22-13-6-5-12-19(22)23(28)33-24(29)20(17-10-7-11-18(26)14-17)15-21(27)16-8-3-2-4-9-16/h2-14,20H,15H2,1H3. The smallest absolute Gasteiger partial charge is 0.437 e. The van der Waals surface area contributed by atoms with Crippen molar-refractivity contribution >= 4 is 35.5 Å². The van der Waals surface area contributed by atoms with Gasteiger partial charge in [0.2, 0.25) is 0 Å².